The fraction of sp³-hybridized carbons (Fsp3) is 0.375. The summed E-state index contributed by atoms with van der Waals surface area (Å²) in [4.78, 5) is 35.8. The molecule has 3 amide bonds. The van der Waals surface area contributed by atoms with Crippen molar-refractivity contribution >= 4 is 29.0 Å². The van der Waals surface area contributed by atoms with Gasteiger partial charge in [0, 0.05) is 63.6 Å². The van der Waals surface area contributed by atoms with E-state index in [0.717, 1.165) is 37.6 Å². The summed E-state index contributed by atoms with van der Waals surface area (Å²) >= 11 is 0. The number of urea groups is 1. The number of nitrogens with one attached hydrogen (secondary N) is 2. The molecule has 1 aromatic heterocycles. The van der Waals surface area contributed by atoms with Crippen molar-refractivity contribution in [3.05, 3.63) is 54.6 Å². The largest absolute Gasteiger partial charge is 0.497 e. The lowest BCUT2D eigenvalue weighted by Crippen LogP contribution is -2.43. The Morgan fingerprint density at radius 2 is 2.06 bits per heavy atom. The van der Waals surface area contributed by atoms with E-state index in [1.54, 1.807) is 35.4 Å². The molecular weight excluding hydrogens is 436 g/mol. The van der Waals surface area contributed by atoms with E-state index < -0.39 is 6.23 Å². The zero-order chi connectivity index (χ0) is 23.5. The van der Waals surface area contributed by atoms with Crippen LogP contribution in [0.1, 0.15) is 6.42 Å². The topological polar surface area (TPSA) is 99.3 Å². The van der Waals surface area contributed by atoms with Gasteiger partial charge in [0.2, 0.25) is 0 Å². The zero-order valence-corrected chi connectivity index (χ0v) is 19.1. The van der Waals surface area contributed by atoms with Crippen molar-refractivity contribution in [1.29, 1.82) is 0 Å². The van der Waals surface area contributed by atoms with Crippen LogP contribution in [0.2, 0.25) is 0 Å². The lowest BCUT2D eigenvalue weighted by Gasteiger charge is -2.30. The number of anilines is 3. The maximum Gasteiger partial charge on any atom is 0.327 e. The van der Waals surface area contributed by atoms with E-state index in [-0.39, 0.29) is 17.7 Å². The third-order valence-electron chi connectivity index (χ3n) is 6.25. The van der Waals surface area contributed by atoms with Crippen molar-refractivity contribution in [3.63, 3.8) is 0 Å². The maximum absolute atomic E-state index is 13.1. The van der Waals surface area contributed by atoms with Gasteiger partial charge in [-0.1, -0.05) is 6.07 Å². The number of rotatable bonds is 6. The number of methoxy groups -OCH3 is 1. The summed E-state index contributed by atoms with van der Waals surface area (Å²) in [6, 6.07) is 9.16. The van der Waals surface area contributed by atoms with Gasteiger partial charge in [-0.3, -0.25) is 19.6 Å². The highest BCUT2D eigenvalue weighted by atomic mass is 16.5. The van der Waals surface area contributed by atoms with E-state index >= 15 is 0 Å². The molecule has 2 N–H and O–H groups in total. The molecule has 3 aliphatic rings. The fourth-order valence-electron chi connectivity index (χ4n) is 4.48. The first-order valence-electron chi connectivity index (χ1n) is 11.4. The Balaban J connectivity index is 1.22. The van der Waals surface area contributed by atoms with Crippen molar-refractivity contribution in [2.45, 2.75) is 12.6 Å². The Morgan fingerprint density at radius 1 is 1.21 bits per heavy atom. The van der Waals surface area contributed by atoms with Gasteiger partial charge in [-0.15, -0.1) is 0 Å². The second kappa shape index (κ2) is 9.60. The molecule has 34 heavy (non-hydrogen) atoms. The SMILES string of the molecule is COc1cccc(N2CCN(C3CC=C(C(=O)Nc4cnccc4N4CCNCC4)O3)C2=O)c1. The number of aromatic nitrogens is 1. The summed E-state index contributed by atoms with van der Waals surface area (Å²) in [6.07, 6.45) is 5.06. The molecule has 5 rings (SSSR count). The molecule has 0 radical (unpaired) electrons. The van der Waals surface area contributed by atoms with Crippen molar-refractivity contribution < 1.29 is 19.1 Å². The molecule has 2 fully saturated rings. The highest BCUT2D eigenvalue weighted by Gasteiger charge is 2.38. The molecule has 0 spiro atoms. The van der Waals surface area contributed by atoms with Crippen molar-refractivity contribution in [2.75, 3.05) is 61.5 Å². The first-order chi connectivity index (χ1) is 16.6. The van der Waals surface area contributed by atoms with Crippen LogP contribution in [-0.2, 0) is 9.53 Å². The molecule has 1 atom stereocenters. The molecule has 3 aliphatic heterocycles. The molecule has 0 saturated carbocycles. The van der Waals surface area contributed by atoms with Crippen LogP contribution in [0, 0.1) is 0 Å². The van der Waals surface area contributed by atoms with Gasteiger partial charge in [0.1, 0.15) is 5.75 Å². The Hall–Kier alpha value is -3.79. The lowest BCUT2D eigenvalue weighted by molar-refractivity contribution is -0.117. The number of carbonyl (C=O) groups is 2. The molecule has 178 valence electrons. The molecule has 4 heterocycles. The number of hydrogen-bond acceptors (Lipinski definition) is 7. The van der Waals surface area contributed by atoms with E-state index in [0.29, 0.717) is 30.9 Å². The van der Waals surface area contributed by atoms with Gasteiger partial charge in [0.25, 0.3) is 5.91 Å². The molecule has 10 nitrogen and oxygen atoms in total. The molecule has 0 aliphatic carbocycles. The van der Waals surface area contributed by atoms with Crippen LogP contribution in [-0.4, -0.2) is 74.4 Å². The number of amides is 3. The number of ether oxygens (including phenoxy) is 2. The van der Waals surface area contributed by atoms with Gasteiger partial charge in [0.05, 0.1) is 24.7 Å². The second-order valence-electron chi connectivity index (χ2n) is 8.29. The Labute approximate surface area is 198 Å². The van der Waals surface area contributed by atoms with Crippen LogP contribution in [0.25, 0.3) is 0 Å². The van der Waals surface area contributed by atoms with E-state index in [9.17, 15) is 9.59 Å². The molecule has 10 heteroatoms. The maximum atomic E-state index is 13.1. The summed E-state index contributed by atoms with van der Waals surface area (Å²) < 4.78 is 11.2. The number of pyridine rings is 1. The van der Waals surface area contributed by atoms with Crippen LogP contribution in [0.5, 0.6) is 5.75 Å². The molecule has 2 saturated heterocycles. The van der Waals surface area contributed by atoms with Crippen molar-refractivity contribution in [1.82, 2.24) is 15.2 Å². The van der Waals surface area contributed by atoms with Crippen molar-refractivity contribution in [2.24, 2.45) is 0 Å². The van der Waals surface area contributed by atoms with Crippen LogP contribution < -0.4 is 25.2 Å². The Kier molecular flexibility index (Phi) is 6.22. The average Bonchev–Trinajstić information content (AvgIpc) is 3.52. The van der Waals surface area contributed by atoms with Crippen LogP contribution in [0.4, 0.5) is 21.9 Å². The quantitative estimate of drug-likeness (QED) is 0.675. The highest BCUT2D eigenvalue weighted by molar-refractivity contribution is 6.04. The van der Waals surface area contributed by atoms with Gasteiger partial charge in [0.15, 0.2) is 12.0 Å². The lowest BCUT2D eigenvalue weighted by atomic mass is 10.2. The van der Waals surface area contributed by atoms with Gasteiger partial charge >= 0.3 is 6.03 Å². The molecular formula is C24H28N6O4. The molecule has 1 aromatic carbocycles. The molecule has 1 unspecified atom stereocenters. The van der Waals surface area contributed by atoms with E-state index in [2.05, 4.69) is 20.5 Å². The predicted octanol–water partition coefficient (Wildman–Crippen LogP) is 2.01. The minimum atomic E-state index is -0.509. The number of nitrogens with zero attached hydrogens (tertiary/aromatic N) is 4. The van der Waals surface area contributed by atoms with Crippen LogP contribution >= 0.6 is 0 Å². The van der Waals surface area contributed by atoms with Crippen LogP contribution in [0.3, 0.4) is 0 Å². The predicted molar refractivity (Wildman–Crippen MR) is 128 cm³/mol. The third-order valence-corrected chi connectivity index (χ3v) is 6.25. The summed E-state index contributed by atoms with van der Waals surface area (Å²) in [5.74, 6) is 0.563. The highest BCUT2D eigenvalue weighted by Crippen LogP contribution is 2.30. The number of carbonyl (C=O) groups excluding carboxylic acids is 2. The van der Waals surface area contributed by atoms with Crippen molar-refractivity contribution in [3.8, 4) is 5.75 Å². The van der Waals surface area contributed by atoms with E-state index in [1.165, 1.54) is 0 Å². The minimum absolute atomic E-state index is 0.151. The smallest absolute Gasteiger partial charge is 0.327 e. The van der Waals surface area contributed by atoms with Gasteiger partial charge in [-0.05, 0) is 24.3 Å². The van der Waals surface area contributed by atoms with Gasteiger partial charge in [-0.25, -0.2) is 4.79 Å². The summed E-state index contributed by atoms with van der Waals surface area (Å²) in [7, 11) is 1.60. The monoisotopic (exact) mass is 464 g/mol. The Bertz CT molecular complexity index is 1100. The zero-order valence-electron chi connectivity index (χ0n) is 19.1. The van der Waals surface area contributed by atoms with E-state index in [4.69, 9.17) is 9.47 Å². The normalized spacial score (nSPS) is 20.3. The van der Waals surface area contributed by atoms with Gasteiger partial charge < -0.3 is 25.0 Å². The first-order valence-corrected chi connectivity index (χ1v) is 11.4. The second-order valence-corrected chi connectivity index (χ2v) is 8.29. The Morgan fingerprint density at radius 3 is 2.88 bits per heavy atom. The molecule has 2 aromatic rings. The number of benzene rings is 1. The van der Waals surface area contributed by atoms with E-state index in [1.807, 2.05) is 30.3 Å². The summed E-state index contributed by atoms with van der Waals surface area (Å²) in [6.45, 7) is 4.55. The first kappa shape index (κ1) is 22.0. The fourth-order valence-corrected chi connectivity index (χ4v) is 4.48. The number of piperazine rings is 1. The van der Waals surface area contributed by atoms with Gasteiger partial charge in [-0.2, -0.15) is 0 Å². The minimum Gasteiger partial charge on any atom is -0.497 e. The summed E-state index contributed by atoms with van der Waals surface area (Å²) in [5.41, 5.74) is 2.35. The summed E-state index contributed by atoms with van der Waals surface area (Å²) in [5, 5.41) is 6.26. The average molecular weight is 465 g/mol. The molecule has 0 bridgehead atoms. The standard InChI is InChI=1S/C24H28N6O4/c1-33-18-4-2-3-17(15-18)29-13-14-30(24(29)32)22-6-5-21(34-22)23(31)27-19-16-26-8-7-20(19)28-11-9-25-10-12-28/h2-5,7-8,15-16,22,25H,6,9-14H2,1H3,(H,27,31). The third kappa shape index (κ3) is 4.36. The number of hydrogen-bond donors (Lipinski definition) is 2. The van der Waals surface area contributed by atoms with Crippen LogP contribution in [0.15, 0.2) is 54.6 Å².